The highest BCUT2D eigenvalue weighted by Gasteiger charge is 2.11. The molecule has 0 spiro atoms. The molecule has 2 rings (SSSR count). The lowest BCUT2D eigenvalue weighted by atomic mass is 10.1. The van der Waals surface area contributed by atoms with Crippen LogP contribution in [0.15, 0.2) is 29.6 Å². The van der Waals surface area contributed by atoms with Crippen molar-refractivity contribution in [3.05, 3.63) is 51.7 Å². The van der Waals surface area contributed by atoms with E-state index in [9.17, 15) is 14.0 Å². The Morgan fingerprint density at radius 1 is 1.27 bits per heavy atom. The first kappa shape index (κ1) is 15.9. The lowest BCUT2D eigenvalue weighted by Gasteiger charge is -2.04. The van der Waals surface area contributed by atoms with Crippen LogP contribution >= 0.6 is 11.3 Å². The predicted octanol–water partition coefficient (Wildman–Crippen LogP) is 2.02. The first-order chi connectivity index (χ1) is 10.6. The van der Waals surface area contributed by atoms with Crippen LogP contribution in [0.2, 0.25) is 0 Å². The van der Waals surface area contributed by atoms with Gasteiger partial charge in [0.1, 0.15) is 16.5 Å². The summed E-state index contributed by atoms with van der Waals surface area (Å²) in [6, 6.07) is 6.39. The van der Waals surface area contributed by atoms with Crippen molar-refractivity contribution in [1.82, 2.24) is 15.6 Å². The van der Waals surface area contributed by atoms with Gasteiger partial charge in [0.2, 0.25) is 0 Å². The first-order valence-corrected chi connectivity index (χ1v) is 7.37. The number of benzene rings is 1. The Labute approximate surface area is 130 Å². The third-order valence-corrected chi connectivity index (χ3v) is 3.66. The fourth-order valence-electron chi connectivity index (χ4n) is 1.75. The fraction of sp³-hybridized carbons (Fsp3) is 0.214. The average Bonchev–Trinajstić information content (AvgIpc) is 2.96. The number of carboxylic acid groups (broad SMARTS) is 1. The zero-order chi connectivity index (χ0) is 15.9. The van der Waals surface area contributed by atoms with Crippen molar-refractivity contribution in [1.29, 1.82) is 0 Å². The zero-order valence-electron chi connectivity index (χ0n) is 11.5. The van der Waals surface area contributed by atoms with Crippen molar-refractivity contribution in [3.8, 4) is 0 Å². The van der Waals surface area contributed by atoms with E-state index in [2.05, 4.69) is 15.6 Å². The molecule has 0 radical (unpaired) electrons. The van der Waals surface area contributed by atoms with Crippen molar-refractivity contribution >= 4 is 23.3 Å². The summed E-state index contributed by atoms with van der Waals surface area (Å²) in [5, 5.41) is 15.4. The summed E-state index contributed by atoms with van der Waals surface area (Å²) < 4.78 is 13.4. The Morgan fingerprint density at radius 3 is 2.77 bits per heavy atom. The Morgan fingerprint density at radius 2 is 2.05 bits per heavy atom. The van der Waals surface area contributed by atoms with Crippen LogP contribution in [-0.4, -0.2) is 28.6 Å². The first-order valence-electron chi connectivity index (χ1n) is 6.49. The molecule has 0 saturated carbocycles. The second-order valence-electron chi connectivity index (χ2n) is 4.38. The molecular formula is C14H14FN3O3S. The maximum Gasteiger partial charge on any atom is 0.405 e. The van der Waals surface area contributed by atoms with Crippen LogP contribution in [0.3, 0.4) is 0 Å². The smallest absolute Gasteiger partial charge is 0.405 e. The number of hydrogen-bond acceptors (Lipinski definition) is 4. The Hall–Kier alpha value is -2.48. The molecule has 0 aliphatic rings. The summed E-state index contributed by atoms with van der Waals surface area (Å²) in [5.74, 6) is -0.665. The number of aromatic nitrogens is 1. The SMILES string of the molecule is O=C(O)NCc1nc(C(=O)NCCc2ccccc2F)cs1. The fourth-order valence-corrected chi connectivity index (χ4v) is 2.46. The minimum Gasteiger partial charge on any atom is -0.465 e. The molecule has 3 N–H and O–H groups in total. The topological polar surface area (TPSA) is 91.3 Å². The molecule has 1 heterocycles. The van der Waals surface area contributed by atoms with Gasteiger partial charge >= 0.3 is 6.09 Å². The van der Waals surface area contributed by atoms with E-state index >= 15 is 0 Å². The number of nitrogens with zero attached hydrogens (tertiary/aromatic N) is 1. The van der Waals surface area contributed by atoms with Gasteiger partial charge in [0.05, 0.1) is 6.54 Å². The summed E-state index contributed by atoms with van der Waals surface area (Å²) >= 11 is 1.19. The van der Waals surface area contributed by atoms with Gasteiger partial charge in [0, 0.05) is 11.9 Å². The molecule has 8 heteroatoms. The minimum absolute atomic E-state index is 0.0580. The van der Waals surface area contributed by atoms with Crippen molar-refractivity contribution < 1.29 is 19.1 Å². The maximum absolute atomic E-state index is 13.4. The molecule has 116 valence electrons. The van der Waals surface area contributed by atoms with Gasteiger partial charge in [-0.3, -0.25) is 4.79 Å². The molecule has 22 heavy (non-hydrogen) atoms. The highest BCUT2D eigenvalue weighted by Crippen LogP contribution is 2.10. The quantitative estimate of drug-likeness (QED) is 0.758. The summed E-state index contributed by atoms with van der Waals surface area (Å²) in [6.45, 7) is 0.350. The summed E-state index contributed by atoms with van der Waals surface area (Å²) in [4.78, 5) is 26.3. The van der Waals surface area contributed by atoms with E-state index in [1.54, 1.807) is 23.6 Å². The molecule has 2 aromatic rings. The molecule has 0 bridgehead atoms. The van der Waals surface area contributed by atoms with E-state index in [1.165, 1.54) is 17.4 Å². The lowest BCUT2D eigenvalue weighted by molar-refractivity contribution is 0.0949. The lowest BCUT2D eigenvalue weighted by Crippen LogP contribution is -2.26. The third-order valence-electron chi connectivity index (χ3n) is 2.81. The molecule has 1 aromatic heterocycles. The number of rotatable bonds is 6. The normalized spacial score (nSPS) is 10.2. The van der Waals surface area contributed by atoms with Gasteiger partial charge in [-0.25, -0.2) is 14.2 Å². The van der Waals surface area contributed by atoms with Gasteiger partial charge in [0.15, 0.2) is 0 Å². The van der Waals surface area contributed by atoms with Crippen LogP contribution < -0.4 is 10.6 Å². The van der Waals surface area contributed by atoms with Crippen LogP contribution in [0.25, 0.3) is 0 Å². The molecule has 0 fully saturated rings. The molecule has 0 aliphatic heterocycles. The average molecular weight is 323 g/mol. The van der Waals surface area contributed by atoms with Gasteiger partial charge in [-0.05, 0) is 18.1 Å². The molecule has 0 saturated heterocycles. The third kappa shape index (κ3) is 4.52. The van der Waals surface area contributed by atoms with Gasteiger partial charge in [-0.2, -0.15) is 0 Å². The number of halogens is 1. The monoisotopic (exact) mass is 323 g/mol. The highest BCUT2D eigenvalue weighted by atomic mass is 32.1. The number of thiazole rings is 1. The van der Waals surface area contributed by atoms with Crippen LogP contribution in [0.5, 0.6) is 0 Å². The summed E-state index contributed by atoms with van der Waals surface area (Å²) in [7, 11) is 0. The van der Waals surface area contributed by atoms with Crippen LogP contribution in [0, 0.1) is 5.82 Å². The van der Waals surface area contributed by atoms with E-state index < -0.39 is 6.09 Å². The van der Waals surface area contributed by atoms with Crippen LogP contribution in [0.4, 0.5) is 9.18 Å². The van der Waals surface area contributed by atoms with Gasteiger partial charge in [0.25, 0.3) is 5.91 Å². The summed E-state index contributed by atoms with van der Waals surface area (Å²) in [6.07, 6.45) is -0.762. The largest absolute Gasteiger partial charge is 0.465 e. The molecule has 0 unspecified atom stereocenters. The van der Waals surface area contributed by atoms with Gasteiger partial charge in [-0.15, -0.1) is 11.3 Å². The van der Waals surface area contributed by atoms with E-state index in [0.29, 0.717) is 23.5 Å². The second-order valence-corrected chi connectivity index (χ2v) is 5.33. The number of carbonyl (C=O) groups excluding carboxylic acids is 1. The van der Waals surface area contributed by atoms with E-state index in [-0.39, 0.29) is 24.0 Å². The van der Waals surface area contributed by atoms with Gasteiger partial charge in [-0.1, -0.05) is 18.2 Å². The summed E-state index contributed by atoms with van der Waals surface area (Å²) in [5.41, 5.74) is 0.758. The molecule has 0 atom stereocenters. The predicted molar refractivity (Wildman–Crippen MR) is 79.4 cm³/mol. The Bertz CT molecular complexity index is 675. The van der Waals surface area contributed by atoms with Gasteiger partial charge < -0.3 is 15.7 Å². The number of carbonyl (C=O) groups is 2. The Kier molecular flexibility index (Phi) is 5.42. The van der Waals surface area contributed by atoms with Crippen LogP contribution in [-0.2, 0) is 13.0 Å². The van der Waals surface area contributed by atoms with Crippen molar-refractivity contribution in [3.63, 3.8) is 0 Å². The van der Waals surface area contributed by atoms with Crippen molar-refractivity contribution in [2.45, 2.75) is 13.0 Å². The van der Waals surface area contributed by atoms with E-state index in [1.807, 2.05) is 0 Å². The molecular weight excluding hydrogens is 309 g/mol. The second kappa shape index (κ2) is 7.51. The zero-order valence-corrected chi connectivity index (χ0v) is 12.3. The molecule has 6 nitrogen and oxygen atoms in total. The molecule has 1 aromatic carbocycles. The minimum atomic E-state index is -1.15. The van der Waals surface area contributed by atoms with Crippen LogP contribution in [0.1, 0.15) is 21.1 Å². The van der Waals surface area contributed by atoms with E-state index in [0.717, 1.165) is 0 Å². The highest BCUT2D eigenvalue weighted by molar-refractivity contribution is 7.09. The van der Waals surface area contributed by atoms with Crippen molar-refractivity contribution in [2.24, 2.45) is 0 Å². The number of amides is 2. The Balaban J connectivity index is 1.82. The number of nitrogens with one attached hydrogen (secondary N) is 2. The van der Waals surface area contributed by atoms with E-state index in [4.69, 9.17) is 5.11 Å². The van der Waals surface area contributed by atoms with Crippen molar-refractivity contribution in [2.75, 3.05) is 6.54 Å². The standard InChI is InChI=1S/C14H14FN3O3S/c15-10-4-2-1-3-9(10)5-6-16-13(19)11-8-22-12(18-11)7-17-14(20)21/h1-4,8,17H,5-7H2,(H,16,19)(H,20,21). The maximum atomic E-state index is 13.4. The molecule has 0 aliphatic carbocycles. The number of hydrogen-bond donors (Lipinski definition) is 3. The molecule has 2 amide bonds.